The molecule has 0 saturated heterocycles. The molecule has 0 aromatic heterocycles. The lowest BCUT2D eigenvalue weighted by Crippen LogP contribution is -2.31. The Kier molecular flexibility index (Phi) is 1.99. The Morgan fingerprint density at radius 3 is 2.47 bits per heavy atom. The summed E-state index contributed by atoms with van der Waals surface area (Å²) in [6, 6.07) is 14.3. The number of benzene rings is 3. The molecule has 4 rings (SSSR count). The first-order valence-electron chi connectivity index (χ1n) is 6.41. The van der Waals surface area contributed by atoms with Crippen LogP contribution in [0.25, 0.3) is 27.6 Å². The largest absolute Gasteiger partial charge is 0.549 e. The van der Waals surface area contributed by atoms with Crippen LogP contribution in [0.15, 0.2) is 42.5 Å². The summed E-state index contributed by atoms with van der Waals surface area (Å²) in [5.41, 5.74) is 0.891. The molecule has 0 amide bonds. The molecule has 3 aromatic rings. The van der Waals surface area contributed by atoms with Crippen molar-refractivity contribution >= 4 is 33.6 Å². The maximum atomic E-state index is 11.3. The molecule has 2 nitrogen and oxygen atoms in total. The highest BCUT2D eigenvalue weighted by Crippen LogP contribution is 2.34. The van der Waals surface area contributed by atoms with Gasteiger partial charge in [0, 0.05) is 11.9 Å². The first-order valence-corrected chi connectivity index (χ1v) is 6.41. The van der Waals surface area contributed by atoms with Crippen molar-refractivity contribution < 1.29 is 9.90 Å². The minimum absolute atomic E-state index is 0.517. The molecule has 0 saturated carbocycles. The van der Waals surface area contributed by atoms with Gasteiger partial charge in [-0.2, -0.15) is 0 Å². The fourth-order valence-corrected chi connectivity index (χ4v) is 3.19. The van der Waals surface area contributed by atoms with Gasteiger partial charge in [-0.05, 0) is 38.7 Å². The molecular weight excluding hydrogens is 236 g/mol. The lowest BCUT2D eigenvalue weighted by molar-refractivity contribution is -0.307. The zero-order valence-electron chi connectivity index (χ0n) is 10.2. The van der Waals surface area contributed by atoms with Crippen molar-refractivity contribution in [1.29, 1.82) is 0 Å². The molecule has 19 heavy (non-hydrogen) atoms. The lowest BCUT2D eigenvalue weighted by Gasteiger charge is -2.23. The van der Waals surface area contributed by atoms with Crippen LogP contribution in [0.3, 0.4) is 0 Å². The summed E-state index contributed by atoms with van der Waals surface area (Å²) in [5, 5.41) is 17.0. The van der Waals surface area contributed by atoms with E-state index in [-0.39, 0.29) is 0 Å². The molecule has 0 N–H and O–H groups in total. The zero-order chi connectivity index (χ0) is 13.0. The van der Waals surface area contributed by atoms with Gasteiger partial charge < -0.3 is 9.90 Å². The maximum Gasteiger partial charge on any atom is 0.0492 e. The Morgan fingerprint density at radius 1 is 1.00 bits per heavy atom. The molecule has 0 heterocycles. The predicted molar refractivity (Wildman–Crippen MR) is 73.5 cm³/mol. The van der Waals surface area contributed by atoms with E-state index in [1.54, 1.807) is 0 Å². The van der Waals surface area contributed by atoms with E-state index in [1.165, 1.54) is 5.39 Å². The van der Waals surface area contributed by atoms with Gasteiger partial charge in [0.1, 0.15) is 0 Å². The monoisotopic (exact) mass is 247 g/mol. The summed E-state index contributed by atoms with van der Waals surface area (Å²) in [5.74, 6) is -1.51. The number of carboxylic acids is 1. The maximum absolute atomic E-state index is 11.3. The topological polar surface area (TPSA) is 40.1 Å². The standard InChI is InChI=1S/C17H12O2/c18-17(19)14-9-7-12-5-4-10-2-1-3-11-6-8-13(14)16(12)15(10)11/h1-8,14H,9H2,(H,18,19)/p-1. The Balaban J connectivity index is 2.26. The molecule has 1 aliphatic carbocycles. The van der Waals surface area contributed by atoms with Crippen LogP contribution in [0.4, 0.5) is 0 Å². The van der Waals surface area contributed by atoms with Gasteiger partial charge in [0.25, 0.3) is 0 Å². The number of carboxylic acid groups (broad SMARTS) is 1. The van der Waals surface area contributed by atoms with E-state index in [1.807, 2.05) is 24.3 Å². The van der Waals surface area contributed by atoms with Crippen molar-refractivity contribution in [3.05, 3.63) is 53.2 Å². The second kappa shape index (κ2) is 3.58. The quantitative estimate of drug-likeness (QED) is 0.657. The zero-order valence-corrected chi connectivity index (χ0v) is 10.2. The highest BCUT2D eigenvalue weighted by molar-refractivity contribution is 6.12. The van der Waals surface area contributed by atoms with Crippen molar-refractivity contribution in [1.82, 2.24) is 0 Å². The molecular formula is C17H11O2-. The van der Waals surface area contributed by atoms with Crippen LogP contribution in [0.2, 0.25) is 0 Å². The van der Waals surface area contributed by atoms with E-state index < -0.39 is 11.9 Å². The second-order valence-corrected chi connectivity index (χ2v) is 5.08. The second-order valence-electron chi connectivity index (χ2n) is 5.08. The van der Waals surface area contributed by atoms with Crippen molar-refractivity contribution in [2.45, 2.75) is 12.3 Å². The minimum atomic E-state index is -0.988. The van der Waals surface area contributed by atoms with Crippen LogP contribution in [0, 0.1) is 0 Å². The minimum Gasteiger partial charge on any atom is -0.549 e. The molecule has 1 atom stereocenters. The van der Waals surface area contributed by atoms with E-state index in [9.17, 15) is 9.90 Å². The van der Waals surface area contributed by atoms with E-state index in [4.69, 9.17) is 0 Å². The molecule has 0 bridgehead atoms. The molecule has 0 spiro atoms. The Labute approximate surface area is 110 Å². The van der Waals surface area contributed by atoms with Crippen LogP contribution < -0.4 is 10.3 Å². The summed E-state index contributed by atoms with van der Waals surface area (Å²) >= 11 is 0. The molecule has 3 aromatic carbocycles. The van der Waals surface area contributed by atoms with Crippen LogP contribution in [-0.2, 0) is 4.79 Å². The van der Waals surface area contributed by atoms with Gasteiger partial charge in [-0.25, -0.2) is 0 Å². The Bertz CT molecular complexity index is 861. The summed E-state index contributed by atoms with van der Waals surface area (Å²) in [4.78, 5) is 11.3. The number of carbonyl (C=O) groups is 1. The average Bonchev–Trinajstić information content (AvgIpc) is 2.44. The third kappa shape index (κ3) is 1.34. The number of rotatable bonds is 1. The van der Waals surface area contributed by atoms with Gasteiger partial charge in [0.2, 0.25) is 0 Å². The van der Waals surface area contributed by atoms with Gasteiger partial charge >= 0.3 is 0 Å². The summed E-state index contributed by atoms with van der Waals surface area (Å²) in [6.45, 7) is 0. The number of carbonyl (C=O) groups excluding carboxylic acids is 1. The van der Waals surface area contributed by atoms with Gasteiger partial charge in [-0.3, -0.25) is 0 Å². The van der Waals surface area contributed by atoms with Gasteiger partial charge in [0.05, 0.1) is 0 Å². The molecule has 1 aliphatic rings. The molecule has 92 valence electrons. The third-order valence-corrected chi connectivity index (χ3v) is 4.07. The first kappa shape index (κ1) is 10.6. The van der Waals surface area contributed by atoms with Crippen molar-refractivity contribution in [2.24, 2.45) is 0 Å². The molecule has 2 heteroatoms. The highest BCUT2D eigenvalue weighted by Gasteiger charge is 2.20. The van der Waals surface area contributed by atoms with Gasteiger partial charge in [-0.1, -0.05) is 48.5 Å². The van der Waals surface area contributed by atoms with Gasteiger partial charge in [-0.15, -0.1) is 0 Å². The summed E-state index contributed by atoms with van der Waals surface area (Å²) in [6.07, 6.45) is 2.53. The van der Waals surface area contributed by atoms with Crippen LogP contribution >= 0.6 is 0 Å². The number of hydrogen-bond donors (Lipinski definition) is 0. The molecule has 0 radical (unpaired) electrons. The summed E-state index contributed by atoms with van der Waals surface area (Å²) < 4.78 is 0. The van der Waals surface area contributed by atoms with Crippen molar-refractivity contribution in [2.75, 3.05) is 0 Å². The fraction of sp³-hybridized carbons (Fsp3) is 0.118. The third-order valence-electron chi connectivity index (χ3n) is 4.07. The normalized spacial score (nSPS) is 17.6. The smallest absolute Gasteiger partial charge is 0.0492 e. The van der Waals surface area contributed by atoms with E-state index in [0.717, 1.165) is 26.9 Å². The van der Waals surface area contributed by atoms with Gasteiger partial charge in [0.15, 0.2) is 0 Å². The first-order chi connectivity index (χ1) is 9.25. The fourth-order valence-electron chi connectivity index (χ4n) is 3.19. The van der Waals surface area contributed by atoms with Crippen LogP contribution in [-0.4, -0.2) is 5.97 Å². The van der Waals surface area contributed by atoms with Crippen molar-refractivity contribution in [3.8, 4) is 0 Å². The van der Waals surface area contributed by atoms with Crippen LogP contribution in [0.1, 0.15) is 17.9 Å². The van der Waals surface area contributed by atoms with E-state index >= 15 is 0 Å². The molecule has 0 fully saturated rings. The van der Waals surface area contributed by atoms with Crippen molar-refractivity contribution in [3.63, 3.8) is 0 Å². The molecule has 0 aliphatic heterocycles. The van der Waals surface area contributed by atoms with Crippen LogP contribution in [0.5, 0.6) is 0 Å². The van der Waals surface area contributed by atoms with E-state index in [0.29, 0.717) is 6.42 Å². The Morgan fingerprint density at radius 2 is 1.74 bits per heavy atom. The predicted octanol–water partition coefficient (Wildman–Crippen LogP) is 1.73. The Hall–Kier alpha value is -2.35. The lowest BCUT2D eigenvalue weighted by atomic mass is 9.84. The van der Waals surface area contributed by atoms with E-state index in [2.05, 4.69) is 24.3 Å². The number of aliphatic carboxylic acids is 1. The average molecular weight is 247 g/mol. The SMILES string of the molecule is O=C([O-])C1CC=c2ccc3cccc4ccc1c2c43. The highest BCUT2D eigenvalue weighted by atomic mass is 16.4. The molecule has 1 unspecified atom stereocenters. The summed E-state index contributed by atoms with van der Waals surface area (Å²) in [7, 11) is 0. The number of hydrogen-bond acceptors (Lipinski definition) is 2.